The first-order valence-electron chi connectivity index (χ1n) is 8.88. The molecule has 0 saturated heterocycles. The number of alkyl halides is 3. The molecule has 0 fully saturated rings. The minimum atomic E-state index is -4.42. The molecule has 8 heteroatoms. The van der Waals surface area contributed by atoms with Crippen molar-refractivity contribution in [3.05, 3.63) is 53.6 Å². The summed E-state index contributed by atoms with van der Waals surface area (Å²) in [5.74, 6) is 0.552. The number of amides is 1. The number of likely N-dealkylation sites (N-methyl/N-ethyl adjacent to an activating group) is 1. The lowest BCUT2D eigenvalue weighted by Crippen LogP contribution is -2.40. The van der Waals surface area contributed by atoms with Gasteiger partial charge in [-0.2, -0.15) is 13.2 Å². The predicted molar refractivity (Wildman–Crippen MR) is 94.9 cm³/mol. The molecule has 5 nitrogen and oxygen atoms in total. The largest absolute Gasteiger partial charge is 0.434 e. The molecule has 0 unspecified atom stereocenters. The maximum Gasteiger partial charge on any atom is 0.434 e. The molecule has 2 atom stereocenters. The van der Waals surface area contributed by atoms with Gasteiger partial charge in [0.2, 0.25) is 5.91 Å². The Hall–Kier alpha value is -2.35. The number of imidazole rings is 1. The highest BCUT2D eigenvalue weighted by Crippen LogP contribution is 2.30. The Morgan fingerprint density at radius 3 is 2.67 bits per heavy atom. The van der Waals surface area contributed by atoms with Gasteiger partial charge >= 0.3 is 6.18 Å². The summed E-state index contributed by atoms with van der Waals surface area (Å²) in [6.07, 6.45) is -2.10. The molecule has 146 valence electrons. The maximum atomic E-state index is 12.8. The highest BCUT2D eigenvalue weighted by molar-refractivity contribution is 5.82. The normalized spacial score (nSPS) is 18.0. The van der Waals surface area contributed by atoms with Crippen molar-refractivity contribution in [2.24, 2.45) is 5.92 Å². The van der Waals surface area contributed by atoms with E-state index in [1.807, 2.05) is 30.3 Å². The number of hydrogen-bond donors (Lipinski definition) is 1. The van der Waals surface area contributed by atoms with E-state index in [1.54, 1.807) is 18.7 Å². The van der Waals surface area contributed by atoms with Crippen molar-refractivity contribution in [2.45, 2.75) is 31.6 Å². The lowest BCUT2D eigenvalue weighted by molar-refractivity contribution is -0.141. The van der Waals surface area contributed by atoms with Crippen LogP contribution in [-0.4, -0.2) is 41.0 Å². The molecule has 0 spiro atoms. The third-order valence-electron chi connectivity index (χ3n) is 4.81. The van der Waals surface area contributed by atoms with Crippen LogP contribution < -0.4 is 5.32 Å². The number of nitrogens with one attached hydrogen (secondary N) is 1. The predicted octanol–water partition coefficient (Wildman–Crippen LogP) is 2.88. The molecule has 0 saturated carbocycles. The monoisotopic (exact) mass is 380 g/mol. The molecule has 3 rings (SSSR count). The first-order valence-corrected chi connectivity index (χ1v) is 8.88. The SMILES string of the molecule is CN(C)C(=O)[C@@H](NC[C@H]1CCc2nc(C(F)(F)F)cn2C1)c1ccccc1. The van der Waals surface area contributed by atoms with Gasteiger partial charge in [-0.25, -0.2) is 4.98 Å². The molecule has 2 aromatic rings. The Labute approximate surface area is 156 Å². The molecular weight excluding hydrogens is 357 g/mol. The van der Waals surface area contributed by atoms with Crippen LogP contribution in [0.15, 0.2) is 36.5 Å². The summed E-state index contributed by atoms with van der Waals surface area (Å²) < 4.78 is 40.1. The molecule has 2 heterocycles. The molecule has 1 aliphatic heterocycles. The van der Waals surface area contributed by atoms with Crippen molar-refractivity contribution in [2.75, 3.05) is 20.6 Å². The molecule has 1 aliphatic rings. The highest BCUT2D eigenvalue weighted by atomic mass is 19.4. The second-order valence-corrected chi connectivity index (χ2v) is 7.08. The van der Waals surface area contributed by atoms with Crippen LogP contribution in [0.2, 0.25) is 0 Å². The highest BCUT2D eigenvalue weighted by Gasteiger charge is 2.36. The Morgan fingerprint density at radius 2 is 2.04 bits per heavy atom. The summed E-state index contributed by atoms with van der Waals surface area (Å²) in [5, 5.41) is 3.31. The minimum Gasteiger partial charge on any atom is -0.347 e. The minimum absolute atomic E-state index is 0.0558. The number of aromatic nitrogens is 2. The molecule has 0 radical (unpaired) electrons. The second kappa shape index (κ2) is 7.72. The number of fused-ring (bicyclic) bond motifs is 1. The zero-order chi connectivity index (χ0) is 19.6. The number of nitrogens with zero attached hydrogens (tertiary/aromatic N) is 3. The number of benzene rings is 1. The van der Waals surface area contributed by atoms with E-state index in [0.717, 1.165) is 18.2 Å². The van der Waals surface area contributed by atoms with Crippen molar-refractivity contribution < 1.29 is 18.0 Å². The second-order valence-electron chi connectivity index (χ2n) is 7.08. The number of rotatable bonds is 5. The van der Waals surface area contributed by atoms with E-state index in [0.29, 0.717) is 25.3 Å². The molecule has 1 amide bonds. The fourth-order valence-electron chi connectivity index (χ4n) is 3.35. The Morgan fingerprint density at radius 1 is 1.33 bits per heavy atom. The van der Waals surface area contributed by atoms with Crippen molar-refractivity contribution in [1.29, 1.82) is 0 Å². The van der Waals surface area contributed by atoms with Gasteiger partial charge in [0.1, 0.15) is 11.9 Å². The summed E-state index contributed by atoms with van der Waals surface area (Å²) >= 11 is 0. The first kappa shape index (κ1) is 19.4. The van der Waals surface area contributed by atoms with E-state index in [4.69, 9.17) is 0 Å². The molecule has 1 N–H and O–H groups in total. The molecular formula is C19H23F3N4O. The van der Waals surface area contributed by atoms with Crippen LogP contribution in [0.5, 0.6) is 0 Å². The molecule has 0 aliphatic carbocycles. The van der Waals surface area contributed by atoms with Crippen molar-refractivity contribution >= 4 is 5.91 Å². The van der Waals surface area contributed by atoms with Crippen molar-refractivity contribution in [1.82, 2.24) is 19.8 Å². The van der Waals surface area contributed by atoms with Crippen LogP contribution in [0.25, 0.3) is 0 Å². The van der Waals surface area contributed by atoms with Crippen molar-refractivity contribution in [3.8, 4) is 0 Å². The van der Waals surface area contributed by atoms with Crippen LogP contribution in [-0.2, 0) is 23.9 Å². The van der Waals surface area contributed by atoms with E-state index in [2.05, 4.69) is 10.3 Å². The number of hydrogen-bond acceptors (Lipinski definition) is 3. The van der Waals surface area contributed by atoms with Gasteiger partial charge in [0, 0.05) is 39.8 Å². The zero-order valence-electron chi connectivity index (χ0n) is 15.3. The van der Waals surface area contributed by atoms with Gasteiger partial charge in [0.25, 0.3) is 0 Å². The van der Waals surface area contributed by atoms with E-state index in [-0.39, 0.29) is 11.8 Å². The summed E-state index contributed by atoms with van der Waals surface area (Å²) in [6, 6.07) is 8.96. The quantitative estimate of drug-likeness (QED) is 0.868. The Balaban J connectivity index is 1.68. The van der Waals surface area contributed by atoms with Crippen molar-refractivity contribution in [3.63, 3.8) is 0 Å². The van der Waals surface area contributed by atoms with E-state index in [9.17, 15) is 18.0 Å². The van der Waals surface area contributed by atoms with Gasteiger partial charge < -0.3 is 14.8 Å². The molecule has 1 aromatic carbocycles. The fraction of sp³-hybridized carbons (Fsp3) is 0.474. The summed E-state index contributed by atoms with van der Waals surface area (Å²) in [4.78, 5) is 17.8. The van der Waals surface area contributed by atoms with Crippen LogP contribution in [0, 0.1) is 5.92 Å². The Kier molecular flexibility index (Phi) is 5.55. The van der Waals surface area contributed by atoms with Crippen LogP contribution in [0.3, 0.4) is 0 Å². The van der Waals surface area contributed by atoms with Gasteiger partial charge in [-0.15, -0.1) is 0 Å². The third kappa shape index (κ3) is 4.50. The molecule has 1 aromatic heterocycles. The van der Waals surface area contributed by atoms with E-state index in [1.165, 1.54) is 4.90 Å². The van der Waals surface area contributed by atoms with Gasteiger partial charge in [-0.3, -0.25) is 4.79 Å². The number of carbonyl (C=O) groups excluding carboxylic acids is 1. The third-order valence-corrected chi connectivity index (χ3v) is 4.81. The van der Waals surface area contributed by atoms with Gasteiger partial charge in [0.15, 0.2) is 5.69 Å². The van der Waals surface area contributed by atoms with Crippen LogP contribution >= 0.6 is 0 Å². The lowest BCUT2D eigenvalue weighted by Gasteiger charge is -2.27. The lowest BCUT2D eigenvalue weighted by atomic mass is 9.98. The number of aryl methyl sites for hydroxylation is 1. The summed E-state index contributed by atoms with van der Waals surface area (Å²) in [5.41, 5.74) is 0.0331. The standard InChI is InChI=1S/C19H23F3N4O/c1-25(2)18(27)17(14-6-4-3-5-7-14)23-10-13-8-9-16-24-15(19(20,21)22)12-26(16)11-13/h3-7,12-13,17,23H,8-11H2,1-2H3/t13-,17+/m1/s1. The smallest absolute Gasteiger partial charge is 0.347 e. The molecule has 27 heavy (non-hydrogen) atoms. The van der Waals surface area contributed by atoms with Gasteiger partial charge in [-0.05, 0) is 17.9 Å². The van der Waals surface area contributed by atoms with E-state index < -0.39 is 17.9 Å². The average molecular weight is 380 g/mol. The Bertz CT molecular complexity index is 786. The van der Waals surface area contributed by atoms with Crippen LogP contribution in [0.1, 0.15) is 29.5 Å². The zero-order valence-corrected chi connectivity index (χ0v) is 15.3. The average Bonchev–Trinajstić information content (AvgIpc) is 3.06. The van der Waals surface area contributed by atoms with Crippen LogP contribution in [0.4, 0.5) is 13.2 Å². The summed E-state index contributed by atoms with van der Waals surface area (Å²) in [6.45, 7) is 1.00. The number of carbonyl (C=O) groups is 1. The van der Waals surface area contributed by atoms with Gasteiger partial charge in [-0.1, -0.05) is 30.3 Å². The first-order chi connectivity index (χ1) is 12.8. The topological polar surface area (TPSA) is 50.2 Å². The number of halogens is 3. The summed E-state index contributed by atoms with van der Waals surface area (Å²) in [7, 11) is 3.41. The van der Waals surface area contributed by atoms with Gasteiger partial charge in [0.05, 0.1) is 0 Å². The molecule has 0 bridgehead atoms. The van der Waals surface area contributed by atoms with E-state index >= 15 is 0 Å². The maximum absolute atomic E-state index is 12.8. The fourth-order valence-corrected chi connectivity index (χ4v) is 3.35.